The molecule has 0 aliphatic rings. The zero-order chi connectivity index (χ0) is 16.6. The Labute approximate surface area is 138 Å². The van der Waals surface area contributed by atoms with E-state index in [9.17, 15) is 4.79 Å². The molecule has 0 aliphatic carbocycles. The molecule has 0 unspecified atom stereocenters. The van der Waals surface area contributed by atoms with E-state index in [2.05, 4.69) is 20.5 Å². The molecule has 0 saturated carbocycles. The third kappa shape index (κ3) is 4.39. The highest BCUT2D eigenvalue weighted by Gasteiger charge is 2.09. The summed E-state index contributed by atoms with van der Waals surface area (Å²) in [6.45, 7) is 0.362. The van der Waals surface area contributed by atoms with Gasteiger partial charge in [0, 0.05) is 25.4 Å². The van der Waals surface area contributed by atoms with E-state index >= 15 is 0 Å². The van der Waals surface area contributed by atoms with Crippen molar-refractivity contribution < 1.29 is 13.9 Å². The van der Waals surface area contributed by atoms with Crippen molar-refractivity contribution in [3.8, 4) is 17.2 Å². The summed E-state index contributed by atoms with van der Waals surface area (Å²) in [5, 5.41) is 10.7. The average Bonchev–Trinajstić information content (AvgIpc) is 3.11. The predicted molar refractivity (Wildman–Crippen MR) is 86.2 cm³/mol. The number of carbonyl (C=O) groups excluding carboxylic acids is 1. The molecular weight excluding hydrogens is 308 g/mol. The van der Waals surface area contributed by atoms with Gasteiger partial charge in [0.15, 0.2) is 6.61 Å². The van der Waals surface area contributed by atoms with Gasteiger partial charge in [-0.2, -0.15) is 0 Å². The fourth-order valence-corrected chi connectivity index (χ4v) is 1.99. The Morgan fingerprint density at radius 2 is 2.00 bits per heavy atom. The second kappa shape index (κ2) is 7.87. The van der Waals surface area contributed by atoms with Crippen LogP contribution in [0.15, 0.2) is 59.3 Å². The summed E-state index contributed by atoms with van der Waals surface area (Å²) in [5.74, 6) is 1.33. The molecule has 0 spiro atoms. The van der Waals surface area contributed by atoms with Gasteiger partial charge in [-0.1, -0.05) is 18.2 Å². The van der Waals surface area contributed by atoms with Crippen LogP contribution in [0.4, 0.5) is 0 Å². The quantitative estimate of drug-likeness (QED) is 0.713. The molecule has 0 radical (unpaired) electrons. The van der Waals surface area contributed by atoms with Gasteiger partial charge in [0.2, 0.25) is 11.8 Å². The lowest BCUT2D eigenvalue weighted by Crippen LogP contribution is -2.30. The smallest absolute Gasteiger partial charge is 0.257 e. The number of benzene rings is 1. The van der Waals surface area contributed by atoms with Gasteiger partial charge in [-0.05, 0) is 24.3 Å². The number of rotatable bonds is 7. The Morgan fingerprint density at radius 1 is 1.12 bits per heavy atom. The first-order valence-electron chi connectivity index (χ1n) is 7.48. The molecule has 7 heteroatoms. The summed E-state index contributed by atoms with van der Waals surface area (Å²) < 4.78 is 10.9. The SMILES string of the molecule is O=C(COc1ccccc1)NCCc1nnc(-c2cccnc2)o1. The van der Waals surface area contributed by atoms with E-state index in [-0.39, 0.29) is 12.5 Å². The molecule has 0 aliphatic heterocycles. The van der Waals surface area contributed by atoms with Crippen LogP contribution in [0.5, 0.6) is 5.75 Å². The van der Waals surface area contributed by atoms with Crippen LogP contribution < -0.4 is 10.1 Å². The molecule has 2 heterocycles. The van der Waals surface area contributed by atoms with Gasteiger partial charge < -0.3 is 14.5 Å². The van der Waals surface area contributed by atoms with Gasteiger partial charge in [-0.3, -0.25) is 9.78 Å². The van der Waals surface area contributed by atoms with Gasteiger partial charge in [0.25, 0.3) is 5.91 Å². The van der Waals surface area contributed by atoms with Crippen LogP contribution in [-0.4, -0.2) is 34.2 Å². The largest absolute Gasteiger partial charge is 0.484 e. The number of pyridine rings is 1. The second-order valence-corrected chi connectivity index (χ2v) is 4.94. The molecule has 0 saturated heterocycles. The maximum atomic E-state index is 11.7. The predicted octanol–water partition coefficient (Wildman–Crippen LogP) is 1.87. The number of hydrogen-bond donors (Lipinski definition) is 1. The number of ether oxygens (including phenoxy) is 1. The van der Waals surface area contributed by atoms with E-state index in [1.54, 1.807) is 30.6 Å². The zero-order valence-electron chi connectivity index (χ0n) is 12.9. The van der Waals surface area contributed by atoms with E-state index < -0.39 is 0 Å². The topological polar surface area (TPSA) is 90.1 Å². The number of nitrogens with zero attached hydrogens (tertiary/aromatic N) is 3. The molecule has 1 aromatic carbocycles. The Bertz CT molecular complexity index is 775. The van der Waals surface area contributed by atoms with Gasteiger partial charge in [-0.25, -0.2) is 0 Å². The van der Waals surface area contributed by atoms with E-state index in [4.69, 9.17) is 9.15 Å². The molecule has 0 atom stereocenters. The van der Waals surface area contributed by atoms with Crippen LogP contribution in [0.1, 0.15) is 5.89 Å². The minimum atomic E-state index is -0.203. The van der Waals surface area contributed by atoms with Crippen LogP contribution in [0.2, 0.25) is 0 Å². The van der Waals surface area contributed by atoms with Crippen LogP contribution in [0, 0.1) is 0 Å². The fourth-order valence-electron chi connectivity index (χ4n) is 1.99. The highest BCUT2D eigenvalue weighted by atomic mass is 16.5. The summed E-state index contributed by atoms with van der Waals surface area (Å²) in [6.07, 6.45) is 3.78. The molecule has 7 nitrogen and oxygen atoms in total. The molecule has 24 heavy (non-hydrogen) atoms. The van der Waals surface area contributed by atoms with Gasteiger partial charge in [-0.15, -0.1) is 10.2 Å². The average molecular weight is 324 g/mol. The summed E-state index contributed by atoms with van der Waals surface area (Å²) in [6, 6.07) is 12.8. The van der Waals surface area contributed by atoms with E-state index in [1.165, 1.54) is 0 Å². The van der Waals surface area contributed by atoms with Crippen molar-refractivity contribution in [1.82, 2.24) is 20.5 Å². The van der Waals surface area contributed by atoms with Crippen molar-refractivity contribution >= 4 is 5.91 Å². The molecule has 122 valence electrons. The lowest BCUT2D eigenvalue weighted by molar-refractivity contribution is -0.123. The lowest BCUT2D eigenvalue weighted by Gasteiger charge is -2.06. The highest BCUT2D eigenvalue weighted by molar-refractivity contribution is 5.77. The van der Waals surface area contributed by atoms with E-state index in [1.807, 2.05) is 24.3 Å². The number of carbonyl (C=O) groups is 1. The number of hydrogen-bond acceptors (Lipinski definition) is 6. The van der Waals surface area contributed by atoms with Crippen LogP contribution in [0.25, 0.3) is 11.5 Å². The fraction of sp³-hybridized carbons (Fsp3) is 0.176. The van der Waals surface area contributed by atoms with Gasteiger partial charge >= 0.3 is 0 Å². The van der Waals surface area contributed by atoms with Crippen molar-refractivity contribution in [2.45, 2.75) is 6.42 Å². The van der Waals surface area contributed by atoms with Crippen LogP contribution in [-0.2, 0) is 11.2 Å². The minimum absolute atomic E-state index is 0.0330. The van der Waals surface area contributed by atoms with Crippen LogP contribution in [0.3, 0.4) is 0 Å². The van der Waals surface area contributed by atoms with Crippen molar-refractivity contribution in [2.75, 3.05) is 13.2 Å². The Morgan fingerprint density at radius 3 is 2.79 bits per heavy atom. The summed E-state index contributed by atoms with van der Waals surface area (Å²) in [7, 11) is 0. The second-order valence-electron chi connectivity index (χ2n) is 4.94. The monoisotopic (exact) mass is 324 g/mol. The van der Waals surface area contributed by atoms with Gasteiger partial charge in [0.05, 0.1) is 5.56 Å². The third-order valence-corrected chi connectivity index (χ3v) is 3.15. The first-order valence-corrected chi connectivity index (χ1v) is 7.48. The summed E-state index contributed by atoms with van der Waals surface area (Å²) in [4.78, 5) is 15.7. The molecular formula is C17H16N4O3. The number of aromatic nitrogens is 3. The maximum absolute atomic E-state index is 11.7. The van der Waals surface area contributed by atoms with Crippen LogP contribution >= 0.6 is 0 Å². The molecule has 3 rings (SSSR count). The van der Waals surface area contributed by atoms with Crippen molar-refractivity contribution in [1.29, 1.82) is 0 Å². The van der Waals surface area contributed by atoms with E-state index in [0.717, 1.165) is 5.56 Å². The summed E-state index contributed by atoms with van der Waals surface area (Å²) >= 11 is 0. The van der Waals surface area contributed by atoms with Gasteiger partial charge in [0.1, 0.15) is 5.75 Å². The lowest BCUT2D eigenvalue weighted by atomic mass is 10.3. The Hall–Kier alpha value is -3.22. The Balaban J connectivity index is 1.42. The third-order valence-electron chi connectivity index (χ3n) is 3.15. The molecule has 0 bridgehead atoms. The van der Waals surface area contributed by atoms with Crippen molar-refractivity contribution in [2.24, 2.45) is 0 Å². The minimum Gasteiger partial charge on any atom is -0.484 e. The number of nitrogens with one attached hydrogen (secondary N) is 1. The normalized spacial score (nSPS) is 10.3. The molecule has 1 N–H and O–H groups in total. The maximum Gasteiger partial charge on any atom is 0.257 e. The van der Waals surface area contributed by atoms with E-state index in [0.29, 0.717) is 30.5 Å². The molecule has 3 aromatic rings. The molecule has 2 aromatic heterocycles. The highest BCUT2D eigenvalue weighted by Crippen LogP contribution is 2.15. The first kappa shape index (κ1) is 15.7. The molecule has 0 fully saturated rings. The first-order chi connectivity index (χ1) is 11.8. The number of amides is 1. The van der Waals surface area contributed by atoms with Crippen molar-refractivity contribution in [3.63, 3.8) is 0 Å². The standard InChI is InChI=1S/C17H16N4O3/c22-15(12-23-14-6-2-1-3-7-14)19-10-8-16-20-21-17(24-16)13-5-4-9-18-11-13/h1-7,9,11H,8,10,12H2,(H,19,22). The number of para-hydroxylation sites is 1. The molecule has 1 amide bonds. The van der Waals surface area contributed by atoms with Crippen molar-refractivity contribution in [3.05, 3.63) is 60.7 Å². The summed E-state index contributed by atoms with van der Waals surface area (Å²) in [5.41, 5.74) is 0.761. The zero-order valence-corrected chi connectivity index (χ0v) is 12.9. The Kier molecular flexibility index (Phi) is 5.14.